The molecule has 0 spiro atoms. The topological polar surface area (TPSA) is 91.3 Å². The lowest BCUT2D eigenvalue weighted by Gasteiger charge is -2.17. The Kier molecular flexibility index (Phi) is 6.61. The van der Waals surface area contributed by atoms with Crippen molar-refractivity contribution in [3.8, 4) is 0 Å². The van der Waals surface area contributed by atoms with Gasteiger partial charge in [-0.1, -0.05) is 13.8 Å². The Balaban J connectivity index is 2.44. The summed E-state index contributed by atoms with van der Waals surface area (Å²) in [4.78, 5) is 28.2. The Bertz CT molecular complexity index is 488. The number of aliphatic carboxylic acids is 1. The van der Waals surface area contributed by atoms with Gasteiger partial charge in [-0.05, 0) is 26.2 Å². The predicted molar refractivity (Wildman–Crippen MR) is 82.4 cm³/mol. The average molecular weight is 313 g/mol. The van der Waals surface area contributed by atoms with Crippen molar-refractivity contribution in [2.45, 2.75) is 40.2 Å². The number of nitrogens with one attached hydrogen (secondary N) is 2. The van der Waals surface area contributed by atoms with Gasteiger partial charge < -0.3 is 15.7 Å². The third kappa shape index (κ3) is 6.12. The number of thiazole rings is 1. The van der Waals surface area contributed by atoms with Crippen LogP contribution in [0.3, 0.4) is 0 Å². The van der Waals surface area contributed by atoms with Crippen molar-refractivity contribution in [3.63, 3.8) is 0 Å². The molecule has 0 radical (unpaired) electrons. The Morgan fingerprint density at radius 2 is 2.05 bits per heavy atom. The van der Waals surface area contributed by atoms with Gasteiger partial charge in [-0.3, -0.25) is 4.79 Å². The van der Waals surface area contributed by atoms with Crippen LogP contribution in [-0.2, 0) is 4.79 Å². The van der Waals surface area contributed by atoms with Gasteiger partial charge in [0.1, 0.15) is 5.01 Å². The van der Waals surface area contributed by atoms with Crippen LogP contribution in [0.2, 0.25) is 0 Å². The molecule has 21 heavy (non-hydrogen) atoms. The van der Waals surface area contributed by atoms with Crippen molar-refractivity contribution in [1.29, 1.82) is 0 Å². The molecule has 0 aliphatic carbocycles. The molecule has 0 saturated heterocycles. The zero-order valence-corrected chi connectivity index (χ0v) is 13.7. The van der Waals surface area contributed by atoms with Crippen molar-refractivity contribution in [1.82, 2.24) is 15.6 Å². The number of aromatic nitrogens is 1. The van der Waals surface area contributed by atoms with E-state index in [0.29, 0.717) is 6.42 Å². The van der Waals surface area contributed by atoms with Crippen molar-refractivity contribution < 1.29 is 14.7 Å². The predicted octanol–water partition coefficient (Wildman–Crippen LogP) is 2.56. The van der Waals surface area contributed by atoms with Gasteiger partial charge in [-0.2, -0.15) is 0 Å². The molecule has 2 amide bonds. The summed E-state index contributed by atoms with van der Waals surface area (Å²) in [6.07, 6.45) is 2.30. The second-order valence-corrected chi connectivity index (χ2v) is 6.82. The average Bonchev–Trinajstić information content (AvgIpc) is 2.80. The summed E-state index contributed by atoms with van der Waals surface area (Å²) < 4.78 is 0. The molecule has 0 aliphatic rings. The minimum Gasteiger partial charge on any atom is -0.481 e. The lowest BCUT2D eigenvalue weighted by molar-refractivity contribution is -0.142. The zero-order valence-electron chi connectivity index (χ0n) is 12.8. The fourth-order valence-electron chi connectivity index (χ4n) is 1.94. The van der Waals surface area contributed by atoms with E-state index in [9.17, 15) is 9.59 Å². The highest BCUT2D eigenvalue weighted by atomic mass is 32.1. The van der Waals surface area contributed by atoms with E-state index in [-0.39, 0.29) is 24.5 Å². The van der Waals surface area contributed by atoms with Crippen LogP contribution >= 0.6 is 11.3 Å². The lowest BCUT2D eigenvalue weighted by Crippen LogP contribution is -2.41. The van der Waals surface area contributed by atoms with Crippen LogP contribution in [0.5, 0.6) is 0 Å². The van der Waals surface area contributed by atoms with Crippen molar-refractivity contribution in [3.05, 3.63) is 16.1 Å². The van der Waals surface area contributed by atoms with E-state index in [1.165, 1.54) is 11.3 Å². The maximum absolute atomic E-state index is 11.8. The van der Waals surface area contributed by atoms with E-state index >= 15 is 0 Å². The van der Waals surface area contributed by atoms with Crippen LogP contribution in [0, 0.1) is 18.8 Å². The number of carboxylic acid groups (broad SMARTS) is 1. The van der Waals surface area contributed by atoms with Crippen LogP contribution in [0.15, 0.2) is 6.20 Å². The Labute approximate surface area is 129 Å². The van der Waals surface area contributed by atoms with Crippen LogP contribution in [0.1, 0.15) is 43.1 Å². The number of urea groups is 1. The standard InChI is InChI=1S/C14H23N3O3S/c1-8(2)5-11(13(18)19)7-16-14(20)17-10(4)12-15-6-9(3)21-12/h6,8,10-11H,5,7H2,1-4H3,(H,18,19)(H2,16,17,20). The smallest absolute Gasteiger partial charge is 0.315 e. The normalized spacial score (nSPS) is 13.8. The lowest BCUT2D eigenvalue weighted by atomic mass is 9.97. The monoisotopic (exact) mass is 313 g/mol. The first-order chi connectivity index (χ1) is 9.79. The van der Waals surface area contributed by atoms with Gasteiger partial charge in [0, 0.05) is 17.6 Å². The molecule has 1 heterocycles. The molecule has 0 aliphatic heterocycles. The molecule has 7 heteroatoms. The van der Waals surface area contributed by atoms with Gasteiger partial charge in [0.15, 0.2) is 0 Å². The second-order valence-electron chi connectivity index (χ2n) is 5.55. The molecule has 1 aromatic rings. The fourth-order valence-corrected chi connectivity index (χ4v) is 2.71. The Hall–Kier alpha value is -1.63. The van der Waals surface area contributed by atoms with Gasteiger partial charge in [-0.25, -0.2) is 9.78 Å². The van der Waals surface area contributed by atoms with Crippen molar-refractivity contribution >= 4 is 23.3 Å². The summed E-state index contributed by atoms with van der Waals surface area (Å²) >= 11 is 1.53. The summed E-state index contributed by atoms with van der Waals surface area (Å²) in [6, 6.07) is -0.567. The summed E-state index contributed by atoms with van der Waals surface area (Å²) in [6.45, 7) is 7.85. The van der Waals surface area contributed by atoms with E-state index in [4.69, 9.17) is 5.11 Å². The first-order valence-electron chi connectivity index (χ1n) is 6.99. The molecule has 0 aromatic carbocycles. The third-order valence-electron chi connectivity index (χ3n) is 2.97. The molecule has 2 atom stereocenters. The first-order valence-corrected chi connectivity index (χ1v) is 7.80. The molecule has 6 nitrogen and oxygen atoms in total. The molecule has 1 aromatic heterocycles. The highest BCUT2D eigenvalue weighted by Crippen LogP contribution is 2.18. The number of hydrogen-bond acceptors (Lipinski definition) is 4. The highest BCUT2D eigenvalue weighted by Gasteiger charge is 2.20. The van der Waals surface area contributed by atoms with E-state index in [1.807, 2.05) is 27.7 Å². The summed E-state index contributed by atoms with van der Waals surface area (Å²) in [5.41, 5.74) is 0. The number of carbonyl (C=O) groups is 2. The molecule has 0 bridgehead atoms. The summed E-state index contributed by atoms with van der Waals surface area (Å²) in [5, 5.41) is 15.3. The first kappa shape index (κ1) is 17.4. The number of nitrogens with zero attached hydrogens (tertiary/aromatic N) is 1. The minimum absolute atomic E-state index is 0.128. The van der Waals surface area contributed by atoms with Gasteiger partial charge in [0.2, 0.25) is 0 Å². The number of rotatable bonds is 7. The molecule has 0 fully saturated rings. The fraction of sp³-hybridized carbons (Fsp3) is 0.643. The molecule has 0 saturated carbocycles. The minimum atomic E-state index is -0.882. The maximum Gasteiger partial charge on any atom is 0.315 e. The van der Waals surface area contributed by atoms with Gasteiger partial charge in [-0.15, -0.1) is 11.3 Å². The second kappa shape index (κ2) is 7.97. The largest absolute Gasteiger partial charge is 0.481 e. The molecule has 3 N–H and O–H groups in total. The van der Waals surface area contributed by atoms with Gasteiger partial charge in [0.05, 0.1) is 12.0 Å². The number of amides is 2. The maximum atomic E-state index is 11.8. The molecule has 118 valence electrons. The van der Waals surface area contributed by atoms with Crippen molar-refractivity contribution in [2.75, 3.05) is 6.54 Å². The number of hydrogen-bond donors (Lipinski definition) is 3. The third-order valence-corrected chi connectivity index (χ3v) is 4.07. The van der Waals surface area contributed by atoms with Gasteiger partial charge >= 0.3 is 12.0 Å². The molecule has 1 rings (SSSR count). The van der Waals surface area contributed by atoms with Crippen molar-refractivity contribution in [2.24, 2.45) is 11.8 Å². The number of carbonyl (C=O) groups excluding carboxylic acids is 1. The van der Waals surface area contributed by atoms with E-state index in [1.54, 1.807) is 6.20 Å². The Morgan fingerprint density at radius 1 is 1.38 bits per heavy atom. The van der Waals surface area contributed by atoms with E-state index in [0.717, 1.165) is 9.88 Å². The van der Waals surface area contributed by atoms with Gasteiger partial charge in [0.25, 0.3) is 0 Å². The SMILES string of the molecule is Cc1cnc(C(C)NC(=O)NCC(CC(C)C)C(=O)O)s1. The number of carboxylic acids is 1. The summed E-state index contributed by atoms with van der Waals surface area (Å²) in [5.74, 6) is -1.17. The molecular weight excluding hydrogens is 290 g/mol. The van der Waals surface area contributed by atoms with Crippen LogP contribution < -0.4 is 10.6 Å². The Morgan fingerprint density at radius 3 is 2.52 bits per heavy atom. The zero-order chi connectivity index (χ0) is 16.0. The summed E-state index contributed by atoms with van der Waals surface area (Å²) in [7, 11) is 0. The number of aryl methyl sites for hydroxylation is 1. The van der Waals surface area contributed by atoms with E-state index in [2.05, 4.69) is 15.6 Å². The molecule has 2 unspecified atom stereocenters. The van der Waals surface area contributed by atoms with Crippen LogP contribution in [-0.4, -0.2) is 28.6 Å². The highest BCUT2D eigenvalue weighted by molar-refractivity contribution is 7.11. The molecular formula is C14H23N3O3S. The van der Waals surface area contributed by atoms with Crippen LogP contribution in [0.25, 0.3) is 0 Å². The van der Waals surface area contributed by atoms with Crippen LogP contribution in [0.4, 0.5) is 4.79 Å². The quantitative estimate of drug-likeness (QED) is 0.721. The van der Waals surface area contributed by atoms with E-state index < -0.39 is 11.9 Å².